The Balaban J connectivity index is 1.64. The van der Waals surface area contributed by atoms with Crippen LogP contribution in [0.5, 0.6) is 0 Å². The number of halogens is 1. The minimum Gasteiger partial charge on any atom is -0.440 e. The summed E-state index contributed by atoms with van der Waals surface area (Å²) in [6, 6.07) is 14.8. The van der Waals surface area contributed by atoms with Gasteiger partial charge >= 0.3 is 0 Å². The van der Waals surface area contributed by atoms with Gasteiger partial charge in [0.05, 0.1) is 11.4 Å². The number of fused-ring (bicyclic) bond motifs is 1. The van der Waals surface area contributed by atoms with E-state index in [-0.39, 0.29) is 16.5 Å². The summed E-state index contributed by atoms with van der Waals surface area (Å²) < 4.78 is 7.37. The van der Waals surface area contributed by atoms with E-state index >= 15 is 0 Å². The van der Waals surface area contributed by atoms with Gasteiger partial charge in [-0.25, -0.2) is 9.67 Å². The van der Waals surface area contributed by atoms with Crippen LogP contribution in [-0.2, 0) is 5.41 Å². The van der Waals surface area contributed by atoms with Gasteiger partial charge in [-0.2, -0.15) is 5.10 Å². The number of amides is 1. The van der Waals surface area contributed by atoms with Crippen LogP contribution >= 0.6 is 11.6 Å². The number of hydrogen-bond donors (Lipinski definition) is 1. The quantitative estimate of drug-likeness (QED) is 0.484. The number of nitrogens with one attached hydrogen (secondary N) is 1. The maximum absolute atomic E-state index is 12.9. The van der Waals surface area contributed by atoms with Crippen LogP contribution < -0.4 is 5.32 Å². The van der Waals surface area contributed by atoms with Crippen LogP contribution in [0.3, 0.4) is 0 Å². The van der Waals surface area contributed by atoms with E-state index < -0.39 is 0 Å². The van der Waals surface area contributed by atoms with Crippen LogP contribution in [0, 0.1) is 6.92 Å². The number of aromatic nitrogens is 3. The Hall–Kier alpha value is -3.12. The second-order valence-electron chi connectivity index (χ2n) is 7.90. The number of oxazole rings is 1. The molecule has 0 aliphatic carbocycles. The van der Waals surface area contributed by atoms with Gasteiger partial charge < -0.3 is 9.73 Å². The fourth-order valence-corrected chi connectivity index (χ4v) is 3.37. The smallest absolute Gasteiger partial charge is 0.260 e. The van der Waals surface area contributed by atoms with Crippen LogP contribution in [0.4, 0.5) is 5.69 Å². The summed E-state index contributed by atoms with van der Waals surface area (Å²) in [6.45, 7) is 7.87. The van der Waals surface area contributed by atoms with Gasteiger partial charge in [-0.3, -0.25) is 4.79 Å². The predicted octanol–water partition coefficient (Wildman–Crippen LogP) is 5.53. The van der Waals surface area contributed by atoms with Crippen molar-refractivity contribution in [2.24, 2.45) is 0 Å². The van der Waals surface area contributed by atoms with Crippen molar-refractivity contribution < 1.29 is 9.21 Å². The van der Waals surface area contributed by atoms with Crippen molar-refractivity contribution in [3.63, 3.8) is 0 Å². The van der Waals surface area contributed by atoms with E-state index in [4.69, 9.17) is 16.0 Å². The largest absolute Gasteiger partial charge is 0.440 e. The van der Waals surface area contributed by atoms with Crippen molar-refractivity contribution in [1.29, 1.82) is 0 Å². The molecular formula is C22H21ClN4O2. The number of aryl methyl sites for hydroxylation is 1. The molecule has 2 aromatic carbocycles. The lowest BCUT2D eigenvalue weighted by molar-refractivity contribution is 0.102. The van der Waals surface area contributed by atoms with E-state index in [2.05, 4.69) is 15.4 Å². The van der Waals surface area contributed by atoms with Crippen LogP contribution in [0.1, 0.15) is 42.7 Å². The van der Waals surface area contributed by atoms with E-state index in [1.54, 1.807) is 29.8 Å². The summed E-state index contributed by atoms with van der Waals surface area (Å²) in [5, 5.41) is 7.57. The van der Waals surface area contributed by atoms with Gasteiger partial charge in [-0.15, -0.1) is 0 Å². The molecule has 148 valence electrons. The average molecular weight is 409 g/mol. The zero-order valence-electron chi connectivity index (χ0n) is 16.7. The molecule has 4 aromatic rings. The molecule has 6 nitrogen and oxygen atoms in total. The number of nitrogens with zero attached hydrogens (tertiary/aromatic N) is 3. The van der Waals surface area contributed by atoms with Crippen LogP contribution in [0.25, 0.3) is 16.8 Å². The van der Waals surface area contributed by atoms with Gasteiger partial charge in [0.25, 0.3) is 5.91 Å². The van der Waals surface area contributed by atoms with Crippen molar-refractivity contribution in [3.8, 4) is 5.69 Å². The van der Waals surface area contributed by atoms with Gasteiger partial charge in [-0.05, 0) is 37.3 Å². The molecular weight excluding hydrogens is 388 g/mol. The molecule has 29 heavy (non-hydrogen) atoms. The van der Waals surface area contributed by atoms with E-state index in [1.165, 1.54) is 0 Å². The molecule has 0 fully saturated rings. The SMILES string of the molecule is Cc1nn(-c2ccccc2)c(Cl)c1C(=O)Nc1ccc2oc(C(C)(C)C)nc2c1. The van der Waals surface area contributed by atoms with Crippen LogP contribution in [0.2, 0.25) is 5.15 Å². The highest BCUT2D eigenvalue weighted by Crippen LogP contribution is 2.28. The Labute approximate surface area is 173 Å². The number of carbonyl (C=O) groups excluding carboxylic acids is 1. The first-order valence-corrected chi connectivity index (χ1v) is 9.65. The summed E-state index contributed by atoms with van der Waals surface area (Å²) in [4.78, 5) is 17.5. The lowest BCUT2D eigenvalue weighted by Gasteiger charge is -2.11. The fourth-order valence-electron chi connectivity index (χ4n) is 3.02. The predicted molar refractivity (Wildman–Crippen MR) is 114 cm³/mol. The second kappa shape index (κ2) is 7.04. The third-order valence-electron chi connectivity index (χ3n) is 4.52. The minimum absolute atomic E-state index is 0.195. The number of carbonyl (C=O) groups is 1. The second-order valence-corrected chi connectivity index (χ2v) is 8.26. The highest BCUT2D eigenvalue weighted by atomic mass is 35.5. The number of hydrogen-bond acceptors (Lipinski definition) is 4. The first kappa shape index (κ1) is 19.2. The molecule has 0 saturated heterocycles. The average Bonchev–Trinajstić information content (AvgIpc) is 3.22. The summed E-state index contributed by atoms with van der Waals surface area (Å²) >= 11 is 6.49. The number of benzene rings is 2. The minimum atomic E-state index is -0.325. The maximum atomic E-state index is 12.9. The molecule has 0 saturated carbocycles. The topological polar surface area (TPSA) is 73.0 Å². The van der Waals surface area contributed by atoms with Crippen molar-refractivity contribution in [3.05, 3.63) is 70.8 Å². The van der Waals surface area contributed by atoms with Crippen LogP contribution in [-0.4, -0.2) is 20.7 Å². The molecule has 7 heteroatoms. The van der Waals surface area contributed by atoms with Crippen LogP contribution in [0.15, 0.2) is 52.9 Å². The molecule has 0 aliphatic rings. The van der Waals surface area contributed by atoms with E-state index in [0.717, 1.165) is 5.69 Å². The van der Waals surface area contributed by atoms with Gasteiger partial charge in [0.15, 0.2) is 5.58 Å². The molecule has 0 bridgehead atoms. The highest BCUT2D eigenvalue weighted by Gasteiger charge is 2.23. The first-order valence-electron chi connectivity index (χ1n) is 9.27. The van der Waals surface area contributed by atoms with Gasteiger partial charge in [-0.1, -0.05) is 50.6 Å². The zero-order chi connectivity index (χ0) is 20.8. The monoisotopic (exact) mass is 408 g/mol. The van der Waals surface area contributed by atoms with Gasteiger partial charge in [0, 0.05) is 11.1 Å². The Kier molecular flexibility index (Phi) is 4.67. The summed E-state index contributed by atoms with van der Waals surface area (Å²) in [7, 11) is 0. The van der Waals surface area contributed by atoms with Crippen molar-refractivity contribution >= 4 is 34.3 Å². The first-order chi connectivity index (χ1) is 13.7. The number of rotatable bonds is 3. The molecule has 0 radical (unpaired) electrons. The van der Waals surface area contributed by atoms with E-state index in [9.17, 15) is 4.79 Å². The molecule has 2 aromatic heterocycles. The summed E-state index contributed by atoms with van der Waals surface area (Å²) in [5.74, 6) is 0.326. The molecule has 1 amide bonds. The van der Waals surface area contributed by atoms with Crippen molar-refractivity contribution in [2.45, 2.75) is 33.1 Å². The Morgan fingerprint density at radius 2 is 1.86 bits per heavy atom. The molecule has 0 atom stereocenters. The Bertz CT molecular complexity index is 1200. The maximum Gasteiger partial charge on any atom is 0.260 e. The normalized spacial score (nSPS) is 11.8. The van der Waals surface area contributed by atoms with Crippen molar-refractivity contribution in [2.75, 3.05) is 5.32 Å². The molecule has 0 unspecified atom stereocenters. The standard InChI is InChI=1S/C22H21ClN4O2/c1-13-18(19(23)27(26-13)15-8-6-5-7-9-15)20(28)24-14-10-11-17-16(12-14)25-21(29-17)22(2,3)4/h5-12H,1-4H3,(H,24,28). The van der Waals surface area contributed by atoms with E-state index in [0.29, 0.717) is 33.9 Å². The fraction of sp³-hybridized carbons (Fsp3) is 0.227. The van der Waals surface area contributed by atoms with Gasteiger partial charge in [0.1, 0.15) is 16.2 Å². The Morgan fingerprint density at radius 3 is 2.55 bits per heavy atom. The summed E-state index contributed by atoms with van der Waals surface area (Å²) in [5.41, 5.74) is 3.46. The molecule has 1 N–H and O–H groups in total. The zero-order valence-corrected chi connectivity index (χ0v) is 17.4. The third-order valence-corrected chi connectivity index (χ3v) is 4.87. The number of anilines is 1. The van der Waals surface area contributed by atoms with Gasteiger partial charge in [0.2, 0.25) is 5.89 Å². The molecule has 4 rings (SSSR count). The lowest BCUT2D eigenvalue weighted by Crippen LogP contribution is -2.13. The lowest BCUT2D eigenvalue weighted by atomic mass is 9.97. The molecule has 0 spiro atoms. The Morgan fingerprint density at radius 1 is 1.14 bits per heavy atom. The van der Waals surface area contributed by atoms with E-state index in [1.807, 2.05) is 51.1 Å². The molecule has 2 heterocycles. The van der Waals surface area contributed by atoms with Crippen molar-refractivity contribution in [1.82, 2.24) is 14.8 Å². The third kappa shape index (κ3) is 3.63. The number of para-hydroxylation sites is 1. The summed E-state index contributed by atoms with van der Waals surface area (Å²) in [6.07, 6.45) is 0. The highest BCUT2D eigenvalue weighted by molar-refractivity contribution is 6.34. The molecule has 0 aliphatic heterocycles.